The first-order valence-corrected chi connectivity index (χ1v) is 5.27. The third kappa shape index (κ3) is 6.62. The summed E-state index contributed by atoms with van der Waals surface area (Å²) in [5.74, 6) is 0. The third-order valence-corrected chi connectivity index (χ3v) is 3.40. The summed E-state index contributed by atoms with van der Waals surface area (Å²) in [7, 11) is 2.19. The third-order valence-electron chi connectivity index (χ3n) is 2.36. The van der Waals surface area contributed by atoms with Gasteiger partial charge < -0.3 is 24.8 Å². The smallest absolute Gasteiger partial charge is 1.00 e. The van der Waals surface area contributed by atoms with Crippen LogP contribution in [0, 0.1) is 0 Å². The second-order valence-electron chi connectivity index (χ2n) is 3.55. The maximum atomic E-state index is 3.45. The molecule has 0 radical (unpaired) electrons. The quantitative estimate of drug-likeness (QED) is 0.444. The van der Waals surface area contributed by atoms with Crippen LogP contribution in [0.5, 0.6) is 0 Å². The molecule has 0 bridgehead atoms. The fourth-order valence-corrected chi connectivity index (χ4v) is 1.60. The van der Waals surface area contributed by atoms with E-state index in [0.717, 1.165) is 13.1 Å². The van der Waals surface area contributed by atoms with Crippen LogP contribution in [0.25, 0.3) is 0 Å². The number of halogens is 2. The van der Waals surface area contributed by atoms with Crippen LogP contribution in [0.2, 0.25) is 0 Å². The molecule has 0 saturated carbocycles. The molecule has 0 aliphatic carbocycles. The maximum Gasteiger partial charge on any atom is -1.00 e. The van der Waals surface area contributed by atoms with E-state index in [1.165, 1.54) is 19.6 Å². The normalized spacial score (nSPS) is 26.4. The van der Waals surface area contributed by atoms with Crippen LogP contribution in [-0.4, -0.2) is 54.1 Å². The van der Waals surface area contributed by atoms with E-state index in [1.807, 2.05) is 0 Å². The van der Waals surface area contributed by atoms with Crippen molar-refractivity contribution in [3.63, 3.8) is 0 Å². The van der Waals surface area contributed by atoms with Crippen molar-refractivity contribution in [3.05, 3.63) is 0 Å². The monoisotopic (exact) mass is 274 g/mol. The second-order valence-corrected chi connectivity index (χ2v) is 4.45. The van der Waals surface area contributed by atoms with E-state index in [9.17, 15) is 0 Å². The van der Waals surface area contributed by atoms with Crippen molar-refractivity contribution >= 4 is 0 Å². The van der Waals surface area contributed by atoms with Crippen molar-refractivity contribution in [2.75, 3.05) is 39.8 Å². The van der Waals surface area contributed by atoms with Gasteiger partial charge >= 0.3 is 87.0 Å². The van der Waals surface area contributed by atoms with Crippen molar-refractivity contribution in [1.29, 1.82) is 0 Å². The van der Waals surface area contributed by atoms with Crippen molar-refractivity contribution in [2.45, 2.75) is 13.0 Å². The first kappa shape index (κ1) is 17.6. The van der Waals surface area contributed by atoms with Gasteiger partial charge in [0, 0.05) is 0 Å². The van der Waals surface area contributed by atoms with Crippen molar-refractivity contribution in [2.24, 2.45) is 0 Å². The van der Waals surface area contributed by atoms with Gasteiger partial charge in [-0.15, -0.1) is 0 Å². The molecule has 3 nitrogen and oxygen atoms in total. The molecule has 0 aromatic rings. The van der Waals surface area contributed by atoms with Crippen molar-refractivity contribution in [1.82, 2.24) is 13.6 Å². The number of nitrogens with zero attached hydrogens (tertiary/aromatic N) is 2. The Morgan fingerprint density at radius 1 is 1.21 bits per heavy atom. The molecule has 1 atom stereocenters. The fraction of sp³-hybridized carbons (Fsp3) is 1.00. The molecule has 1 fully saturated rings. The predicted octanol–water partition coefficient (Wildman–Crippen LogP) is -6.32. The molecule has 83 valence electrons. The minimum Gasteiger partial charge on any atom is -1.00 e. The number of likely N-dealkylation sites (N-methyl/N-ethyl adjacent to an activating group) is 1. The molecular weight excluding hydrogens is 257 g/mol. The molecule has 1 saturated heterocycles. The summed E-state index contributed by atoms with van der Waals surface area (Å²) in [6, 6.07) is 0.663. The van der Waals surface area contributed by atoms with Gasteiger partial charge in [0.15, 0.2) is 0 Å². The summed E-state index contributed by atoms with van der Waals surface area (Å²) in [6.07, 6.45) is 0. The standard InChI is InChI=1S/C8H18N3.2ClH.Ti/c1-8-7-9-3-5-11(2)6-4-10-8;;;/h8-9H,3-7H2,1-2H3;2*1H;/q-1;;;+3/p-2. The van der Waals surface area contributed by atoms with Gasteiger partial charge in [0.1, 0.15) is 0 Å². The average Bonchev–Trinajstić information content (AvgIpc) is 2.11. The molecule has 0 spiro atoms. The van der Waals surface area contributed by atoms with Gasteiger partial charge in [-0.3, -0.25) is 0 Å². The molecule has 0 aromatic carbocycles. The van der Waals surface area contributed by atoms with Gasteiger partial charge in [-0.05, 0) is 0 Å². The van der Waals surface area contributed by atoms with Gasteiger partial charge in [-0.2, -0.15) is 0 Å². The van der Waals surface area contributed by atoms with E-state index in [2.05, 4.69) is 48.3 Å². The van der Waals surface area contributed by atoms with E-state index in [0.29, 0.717) is 6.04 Å². The van der Waals surface area contributed by atoms with Gasteiger partial charge in [-0.1, -0.05) is 0 Å². The molecule has 1 N–H and O–H groups in total. The Morgan fingerprint density at radius 3 is 2.50 bits per heavy atom. The Labute approximate surface area is 111 Å². The molecule has 1 aliphatic heterocycles. The summed E-state index contributed by atoms with van der Waals surface area (Å²) in [6.45, 7) is 8.04. The zero-order valence-corrected chi connectivity index (χ0v) is 11.8. The molecule has 1 aliphatic rings. The second kappa shape index (κ2) is 9.40. The van der Waals surface area contributed by atoms with Crippen LogP contribution in [0.1, 0.15) is 6.92 Å². The van der Waals surface area contributed by atoms with E-state index >= 15 is 0 Å². The van der Waals surface area contributed by atoms with E-state index in [4.69, 9.17) is 0 Å². The summed E-state index contributed by atoms with van der Waals surface area (Å²) < 4.78 is 2.41. The predicted molar refractivity (Wildman–Crippen MR) is 46.5 cm³/mol. The van der Waals surface area contributed by atoms with E-state index in [1.54, 1.807) is 0 Å². The number of nitrogens with one attached hydrogen (secondary N) is 1. The Balaban J connectivity index is 0. The van der Waals surface area contributed by atoms with Crippen LogP contribution < -0.4 is 30.1 Å². The van der Waals surface area contributed by atoms with Gasteiger partial charge in [0.05, 0.1) is 0 Å². The van der Waals surface area contributed by atoms with Gasteiger partial charge in [0.25, 0.3) is 0 Å². The largest absolute Gasteiger partial charge is 1.00 e. The summed E-state index contributed by atoms with van der Waals surface area (Å²) >= 11 is 2.20. The zero-order chi connectivity index (χ0) is 8.97. The van der Waals surface area contributed by atoms with Crippen LogP contribution in [0.15, 0.2) is 0 Å². The first-order valence-electron chi connectivity index (χ1n) is 4.57. The summed E-state index contributed by atoms with van der Waals surface area (Å²) in [5.41, 5.74) is 0. The number of hydrogen-bond acceptors (Lipinski definition) is 3. The van der Waals surface area contributed by atoms with Gasteiger partial charge in [-0.25, -0.2) is 0 Å². The molecule has 0 aromatic heterocycles. The average molecular weight is 275 g/mol. The van der Waals surface area contributed by atoms with Crippen LogP contribution in [0.4, 0.5) is 0 Å². The van der Waals surface area contributed by atoms with E-state index in [-0.39, 0.29) is 24.8 Å². The Morgan fingerprint density at radius 2 is 1.86 bits per heavy atom. The molecule has 14 heavy (non-hydrogen) atoms. The van der Waals surface area contributed by atoms with Crippen molar-refractivity contribution in [3.8, 4) is 0 Å². The molecule has 1 unspecified atom stereocenters. The number of hydrogen-bond donors (Lipinski definition) is 1. The Kier molecular flexibility index (Phi) is 11.8. The SMILES string of the molecule is CC1CNCCN(C)CC[N]1[Ti+2].[Cl-].[Cl-]. The Bertz CT molecular complexity index is 140. The van der Waals surface area contributed by atoms with Crippen LogP contribution >= 0.6 is 0 Å². The molecule has 0 amide bonds. The van der Waals surface area contributed by atoms with Gasteiger partial charge in [0.2, 0.25) is 0 Å². The molecular formula is C8H18Cl2N3Ti. The topological polar surface area (TPSA) is 18.5 Å². The summed E-state index contributed by atoms with van der Waals surface area (Å²) in [4.78, 5) is 2.38. The molecule has 6 heteroatoms. The minimum atomic E-state index is 0. The molecule has 1 heterocycles. The van der Waals surface area contributed by atoms with Crippen LogP contribution in [-0.2, 0) is 20.7 Å². The maximum absolute atomic E-state index is 3.45. The number of rotatable bonds is 0. The van der Waals surface area contributed by atoms with E-state index < -0.39 is 0 Å². The van der Waals surface area contributed by atoms with Crippen LogP contribution in [0.3, 0.4) is 0 Å². The first-order chi connectivity index (χ1) is 5.70. The fourth-order valence-electron chi connectivity index (χ4n) is 1.30. The molecule has 1 rings (SSSR count). The minimum absolute atomic E-state index is 0. The zero-order valence-electron chi connectivity index (χ0n) is 8.76. The summed E-state index contributed by atoms with van der Waals surface area (Å²) in [5, 5.41) is 3.45. The van der Waals surface area contributed by atoms with Crippen molar-refractivity contribution < 1.29 is 45.5 Å². The Hall–Kier alpha value is 1.17.